The molecule has 2 aromatic rings. The minimum atomic E-state index is -4.71. The van der Waals surface area contributed by atoms with Gasteiger partial charge in [0.1, 0.15) is 5.75 Å². The lowest BCUT2D eigenvalue weighted by Crippen LogP contribution is -2.28. The van der Waals surface area contributed by atoms with E-state index in [1.807, 2.05) is 30.3 Å². The second-order valence-corrected chi connectivity index (χ2v) is 4.13. The fourth-order valence-electron chi connectivity index (χ4n) is 1.92. The molecule has 0 fully saturated rings. The summed E-state index contributed by atoms with van der Waals surface area (Å²) in [7, 11) is 0. The third kappa shape index (κ3) is 3.72. The van der Waals surface area contributed by atoms with Crippen LogP contribution in [0.25, 0.3) is 0 Å². The molecule has 0 saturated carbocycles. The Bertz CT molecular complexity index is 558. The molecule has 0 aliphatic carbocycles. The zero-order valence-electron chi connectivity index (χ0n) is 10.4. The normalized spacial score (nSPS) is 13.0. The fourth-order valence-corrected chi connectivity index (χ4v) is 1.92. The summed E-state index contributed by atoms with van der Waals surface area (Å²) in [4.78, 5) is 0. The van der Waals surface area contributed by atoms with E-state index in [0.29, 0.717) is 5.56 Å². The minimum Gasteiger partial charge on any atom is -0.406 e. The molecule has 0 amide bonds. The summed E-state index contributed by atoms with van der Waals surface area (Å²) in [6.07, 6.45) is -4.71. The third-order valence-corrected chi connectivity index (χ3v) is 2.72. The molecule has 0 aliphatic rings. The van der Waals surface area contributed by atoms with Crippen LogP contribution in [0.4, 0.5) is 13.2 Å². The second kappa shape index (κ2) is 5.94. The van der Waals surface area contributed by atoms with E-state index in [9.17, 15) is 13.2 Å². The van der Waals surface area contributed by atoms with Gasteiger partial charge in [-0.05, 0) is 23.3 Å². The monoisotopic (exact) mass is 282 g/mol. The molecule has 0 heterocycles. The smallest absolute Gasteiger partial charge is 0.406 e. The number of hydrazine groups is 1. The lowest BCUT2D eigenvalue weighted by atomic mass is 9.99. The van der Waals surface area contributed by atoms with E-state index in [-0.39, 0.29) is 5.75 Å². The average molecular weight is 282 g/mol. The maximum Gasteiger partial charge on any atom is 0.573 e. The van der Waals surface area contributed by atoms with Crippen LogP contribution in [-0.4, -0.2) is 6.36 Å². The number of nitrogens with one attached hydrogen (secondary N) is 1. The fraction of sp³-hybridized carbons (Fsp3) is 0.143. The molecule has 2 rings (SSSR count). The van der Waals surface area contributed by atoms with E-state index in [4.69, 9.17) is 5.84 Å². The van der Waals surface area contributed by atoms with Crippen LogP contribution in [0.2, 0.25) is 0 Å². The van der Waals surface area contributed by atoms with Crippen LogP contribution in [0.3, 0.4) is 0 Å². The van der Waals surface area contributed by atoms with Crippen molar-refractivity contribution in [3.05, 3.63) is 65.7 Å². The molecule has 0 bridgehead atoms. The largest absolute Gasteiger partial charge is 0.573 e. The number of nitrogens with two attached hydrogens (primary N) is 1. The van der Waals surface area contributed by atoms with Gasteiger partial charge in [-0.1, -0.05) is 42.5 Å². The molecular weight excluding hydrogens is 269 g/mol. The molecule has 3 N–H and O–H groups in total. The van der Waals surface area contributed by atoms with Gasteiger partial charge in [-0.2, -0.15) is 0 Å². The van der Waals surface area contributed by atoms with Gasteiger partial charge in [0.05, 0.1) is 6.04 Å². The van der Waals surface area contributed by atoms with Crippen LogP contribution in [0.5, 0.6) is 5.75 Å². The second-order valence-electron chi connectivity index (χ2n) is 4.13. The Morgan fingerprint density at radius 3 is 2.20 bits per heavy atom. The Labute approximate surface area is 114 Å². The first-order chi connectivity index (χ1) is 9.49. The van der Waals surface area contributed by atoms with Gasteiger partial charge in [-0.25, -0.2) is 5.43 Å². The predicted molar refractivity (Wildman–Crippen MR) is 68.7 cm³/mol. The highest BCUT2D eigenvalue weighted by Gasteiger charge is 2.31. The quantitative estimate of drug-likeness (QED) is 0.669. The van der Waals surface area contributed by atoms with Crippen molar-refractivity contribution in [1.29, 1.82) is 0 Å². The highest BCUT2D eigenvalue weighted by atomic mass is 19.4. The van der Waals surface area contributed by atoms with Crippen LogP contribution in [0.1, 0.15) is 17.2 Å². The first kappa shape index (κ1) is 14.4. The van der Waals surface area contributed by atoms with E-state index in [1.54, 1.807) is 6.07 Å². The highest BCUT2D eigenvalue weighted by Crippen LogP contribution is 2.27. The van der Waals surface area contributed by atoms with Gasteiger partial charge in [-0.15, -0.1) is 13.2 Å². The van der Waals surface area contributed by atoms with Crippen molar-refractivity contribution < 1.29 is 17.9 Å². The number of alkyl halides is 3. The summed E-state index contributed by atoms with van der Waals surface area (Å²) < 4.78 is 40.6. The number of halogens is 3. The summed E-state index contributed by atoms with van der Waals surface area (Å²) >= 11 is 0. The zero-order valence-corrected chi connectivity index (χ0v) is 10.4. The molecular formula is C14H13F3N2O. The zero-order chi connectivity index (χ0) is 14.6. The van der Waals surface area contributed by atoms with Gasteiger partial charge in [0.25, 0.3) is 0 Å². The molecule has 2 aromatic carbocycles. The maximum atomic E-state index is 12.2. The molecule has 0 aromatic heterocycles. The van der Waals surface area contributed by atoms with Crippen molar-refractivity contribution in [2.24, 2.45) is 5.84 Å². The Hall–Kier alpha value is -2.05. The molecule has 0 saturated heterocycles. The molecule has 20 heavy (non-hydrogen) atoms. The van der Waals surface area contributed by atoms with E-state index in [1.165, 1.54) is 18.2 Å². The molecule has 1 atom stereocenters. The summed E-state index contributed by atoms with van der Waals surface area (Å²) in [6, 6.07) is 14.5. The van der Waals surface area contributed by atoms with E-state index in [0.717, 1.165) is 5.56 Å². The highest BCUT2D eigenvalue weighted by molar-refractivity contribution is 5.36. The van der Waals surface area contributed by atoms with Gasteiger partial charge in [0.2, 0.25) is 0 Å². The molecule has 0 radical (unpaired) electrons. The lowest BCUT2D eigenvalue weighted by molar-refractivity contribution is -0.274. The number of benzene rings is 2. The van der Waals surface area contributed by atoms with Crippen LogP contribution >= 0.6 is 0 Å². The van der Waals surface area contributed by atoms with Crippen molar-refractivity contribution in [2.45, 2.75) is 12.4 Å². The summed E-state index contributed by atoms with van der Waals surface area (Å²) in [5.74, 6) is 5.23. The maximum absolute atomic E-state index is 12.2. The number of hydrogen-bond donors (Lipinski definition) is 2. The van der Waals surface area contributed by atoms with Gasteiger partial charge in [0, 0.05) is 0 Å². The molecule has 3 nitrogen and oxygen atoms in total. The Balaban J connectivity index is 2.29. The Kier molecular flexibility index (Phi) is 4.26. The Morgan fingerprint density at radius 1 is 0.950 bits per heavy atom. The molecule has 106 valence electrons. The topological polar surface area (TPSA) is 47.3 Å². The van der Waals surface area contributed by atoms with Crippen molar-refractivity contribution in [3.8, 4) is 5.75 Å². The van der Waals surface area contributed by atoms with Crippen LogP contribution in [0, 0.1) is 0 Å². The van der Waals surface area contributed by atoms with E-state index < -0.39 is 12.4 Å². The standard InChI is InChI=1S/C14H13F3N2O/c15-14(16,17)20-12-8-4-7-11(9-12)13(19-18)10-5-2-1-3-6-10/h1-9,13,19H,18H2. The van der Waals surface area contributed by atoms with Crippen LogP contribution < -0.4 is 16.0 Å². The SMILES string of the molecule is NNC(c1ccccc1)c1cccc(OC(F)(F)F)c1. The lowest BCUT2D eigenvalue weighted by Gasteiger charge is -2.18. The number of ether oxygens (including phenoxy) is 1. The number of hydrogen-bond acceptors (Lipinski definition) is 3. The van der Waals surface area contributed by atoms with Gasteiger partial charge < -0.3 is 4.74 Å². The summed E-state index contributed by atoms with van der Waals surface area (Å²) in [5.41, 5.74) is 4.02. The first-order valence-electron chi connectivity index (χ1n) is 5.86. The van der Waals surface area contributed by atoms with Crippen molar-refractivity contribution in [3.63, 3.8) is 0 Å². The molecule has 1 unspecified atom stereocenters. The summed E-state index contributed by atoms with van der Waals surface area (Å²) in [6.45, 7) is 0. The average Bonchev–Trinajstić information content (AvgIpc) is 2.39. The molecule has 6 heteroatoms. The van der Waals surface area contributed by atoms with Crippen molar-refractivity contribution >= 4 is 0 Å². The third-order valence-electron chi connectivity index (χ3n) is 2.72. The van der Waals surface area contributed by atoms with Crippen LogP contribution in [0.15, 0.2) is 54.6 Å². The van der Waals surface area contributed by atoms with Crippen molar-refractivity contribution in [1.82, 2.24) is 5.43 Å². The first-order valence-corrected chi connectivity index (χ1v) is 5.86. The van der Waals surface area contributed by atoms with Crippen molar-refractivity contribution in [2.75, 3.05) is 0 Å². The molecule has 0 spiro atoms. The van der Waals surface area contributed by atoms with E-state index >= 15 is 0 Å². The number of rotatable bonds is 4. The minimum absolute atomic E-state index is 0.272. The van der Waals surface area contributed by atoms with Crippen LogP contribution in [-0.2, 0) is 0 Å². The predicted octanol–water partition coefficient (Wildman–Crippen LogP) is 3.14. The summed E-state index contributed by atoms with van der Waals surface area (Å²) in [5, 5.41) is 0. The van der Waals surface area contributed by atoms with Gasteiger partial charge in [0.15, 0.2) is 0 Å². The van der Waals surface area contributed by atoms with Gasteiger partial charge >= 0.3 is 6.36 Å². The Morgan fingerprint density at radius 2 is 1.60 bits per heavy atom. The van der Waals surface area contributed by atoms with E-state index in [2.05, 4.69) is 10.2 Å². The molecule has 0 aliphatic heterocycles. The van der Waals surface area contributed by atoms with Gasteiger partial charge in [-0.3, -0.25) is 5.84 Å².